The monoisotopic (exact) mass is 267 g/mol. The van der Waals surface area contributed by atoms with E-state index in [0.717, 1.165) is 0 Å². The average Bonchev–Trinajstić information content (AvgIpc) is 2.21. The van der Waals surface area contributed by atoms with Gasteiger partial charge < -0.3 is 4.52 Å². The number of nitrogens with zero attached hydrogens (tertiary/aromatic N) is 1. The summed E-state index contributed by atoms with van der Waals surface area (Å²) in [6.45, 7) is -4.01. The molecule has 84 valence electrons. The summed E-state index contributed by atoms with van der Waals surface area (Å²) in [4.78, 5) is 0. The number of halogens is 2. The first-order valence-electron chi connectivity index (χ1n) is 7.30. The topological polar surface area (TPSA) is 41.6 Å². The van der Waals surface area contributed by atoms with Crippen molar-refractivity contribution in [2.75, 3.05) is 37.9 Å². The molecule has 0 amide bonds. The highest BCUT2D eigenvalue weighted by Gasteiger charge is 2.32. The summed E-state index contributed by atoms with van der Waals surface area (Å²) in [6, 6.07) is 0. The Bertz CT molecular complexity index is 414. The van der Waals surface area contributed by atoms with Crippen LogP contribution in [0.5, 0.6) is 0 Å². The van der Waals surface area contributed by atoms with Crippen molar-refractivity contribution in [3.8, 4) is 0 Å². The van der Waals surface area contributed by atoms with E-state index in [9.17, 15) is 4.57 Å². The first-order valence-corrected chi connectivity index (χ1v) is 6.13. The van der Waals surface area contributed by atoms with Crippen LogP contribution in [0.25, 0.3) is 0 Å². The minimum Gasteiger partial charge on any atom is -0.306 e. The van der Waals surface area contributed by atoms with Gasteiger partial charge in [0.15, 0.2) is 0 Å². The Morgan fingerprint density at radius 1 is 1.64 bits per heavy atom. The third kappa shape index (κ3) is 3.37. The van der Waals surface area contributed by atoms with E-state index in [-0.39, 0.29) is 18.1 Å². The van der Waals surface area contributed by atoms with Gasteiger partial charge in [0, 0.05) is 39.5 Å². The van der Waals surface area contributed by atoms with E-state index in [0.29, 0.717) is 4.67 Å². The molecule has 0 saturated carbocycles. The summed E-state index contributed by atoms with van der Waals surface area (Å²) in [6.07, 6.45) is -0.199. The summed E-state index contributed by atoms with van der Waals surface area (Å²) in [5.74, 6) is -4.76. The highest BCUT2D eigenvalue weighted by atomic mass is 35.5. The molecule has 1 saturated heterocycles. The smallest absolute Gasteiger partial charge is 0.306 e. The van der Waals surface area contributed by atoms with Gasteiger partial charge >= 0.3 is 7.67 Å². The lowest BCUT2D eigenvalue weighted by molar-refractivity contribution is 0.233. The molecule has 0 aliphatic carbocycles. The van der Waals surface area contributed by atoms with Crippen LogP contribution < -0.4 is 5.08 Å². The highest BCUT2D eigenvalue weighted by molar-refractivity contribution is 7.54. The van der Waals surface area contributed by atoms with Crippen molar-refractivity contribution in [2.24, 2.45) is 0 Å². The molecule has 0 radical (unpaired) electrons. The van der Waals surface area contributed by atoms with Crippen LogP contribution in [0.3, 0.4) is 0 Å². The lowest BCUT2D eigenvalue weighted by Gasteiger charge is -2.33. The maximum atomic E-state index is 12.8. The molecule has 0 bridgehead atoms. The van der Waals surface area contributed by atoms with Gasteiger partial charge in [0.25, 0.3) is 0 Å². The molecule has 0 aromatic carbocycles. The minimum atomic E-state index is -4.32. The predicted octanol–water partition coefficient (Wildman–Crippen LogP) is 1.88. The number of hydrogen-bond acceptors (Lipinski definition) is 2. The van der Waals surface area contributed by atoms with Gasteiger partial charge in [0.1, 0.15) is 1.41 Å². The van der Waals surface area contributed by atoms with Crippen molar-refractivity contribution in [3.05, 3.63) is 0 Å². The van der Waals surface area contributed by atoms with E-state index in [1.165, 1.54) is 0 Å². The van der Waals surface area contributed by atoms with Crippen LogP contribution in [0.15, 0.2) is 0 Å². The van der Waals surface area contributed by atoms with E-state index in [1.54, 1.807) is 0 Å². The summed E-state index contributed by atoms with van der Waals surface area (Å²) < 4.78 is 70.6. The Kier molecular flexibility index (Phi) is 2.64. The van der Waals surface area contributed by atoms with E-state index in [2.05, 4.69) is 0 Å². The van der Waals surface area contributed by atoms with Crippen LogP contribution in [0, 0.1) is 0 Å². The summed E-state index contributed by atoms with van der Waals surface area (Å²) in [5.41, 5.74) is 0. The van der Waals surface area contributed by atoms with Gasteiger partial charge in [-0.3, -0.25) is 4.57 Å². The van der Waals surface area contributed by atoms with Gasteiger partial charge in [-0.2, -0.15) is 0 Å². The number of rotatable bonds is 5. The molecule has 0 spiro atoms. The number of alkyl halides is 2. The normalized spacial score (nSPS) is 42.6. The van der Waals surface area contributed by atoms with Gasteiger partial charge in [0.2, 0.25) is 0 Å². The molecule has 0 aromatic rings. The molecule has 1 heterocycles. The van der Waals surface area contributed by atoms with Crippen molar-refractivity contribution in [2.45, 2.75) is 6.42 Å². The second-order valence-electron chi connectivity index (χ2n) is 2.42. The second kappa shape index (κ2) is 6.31. The summed E-state index contributed by atoms with van der Waals surface area (Å²) in [7, 11) is -4.32. The van der Waals surface area contributed by atoms with Crippen molar-refractivity contribution < 1.29 is 18.7 Å². The van der Waals surface area contributed by atoms with Crippen LogP contribution >= 0.6 is 30.9 Å². The largest absolute Gasteiger partial charge is 0.343 e. The van der Waals surface area contributed by atoms with Crippen LogP contribution in [-0.4, -0.2) is 42.5 Å². The molecule has 4 nitrogen and oxygen atoms in total. The standard InChI is InChI=1S/C7H15Cl2N2O2P/c8-2-5-11(6-3-9)14(12)10-4-1-7-13-14/h1-7H2,(H,10,12)/i2D2,3D2,4D2/hD. The van der Waals surface area contributed by atoms with Crippen molar-refractivity contribution in [3.63, 3.8) is 0 Å². The quantitative estimate of drug-likeness (QED) is 0.610. The molecule has 1 N–H and O–H groups in total. The third-order valence-electron chi connectivity index (χ3n) is 1.51. The van der Waals surface area contributed by atoms with Gasteiger partial charge in [-0.15, -0.1) is 23.2 Å². The predicted molar refractivity (Wildman–Crippen MR) is 59.2 cm³/mol. The molecule has 14 heavy (non-hydrogen) atoms. The Labute approximate surface area is 104 Å². The molecule has 1 aliphatic heterocycles. The lowest BCUT2D eigenvalue weighted by atomic mass is 10.5. The summed E-state index contributed by atoms with van der Waals surface area (Å²) >= 11 is 10.9. The van der Waals surface area contributed by atoms with Crippen molar-refractivity contribution >= 4 is 30.9 Å². The molecule has 1 aliphatic rings. The van der Waals surface area contributed by atoms with Crippen LogP contribution in [0.1, 0.15) is 14.6 Å². The molecule has 0 aromatic heterocycles. The molecule has 7 heteroatoms. The van der Waals surface area contributed by atoms with E-state index in [1.807, 2.05) is 0 Å². The second-order valence-corrected chi connectivity index (χ2v) is 4.96. The average molecular weight is 268 g/mol. The molecule has 1 fully saturated rings. The maximum Gasteiger partial charge on any atom is 0.343 e. The lowest BCUT2D eigenvalue weighted by Crippen LogP contribution is -2.35. The zero-order valence-corrected chi connectivity index (χ0v) is 9.65. The van der Waals surface area contributed by atoms with Crippen LogP contribution in [-0.2, 0) is 9.09 Å². The Morgan fingerprint density at radius 3 is 2.86 bits per heavy atom. The fourth-order valence-corrected chi connectivity index (χ4v) is 2.81. The first kappa shape index (κ1) is 5.85. The van der Waals surface area contributed by atoms with E-state index >= 15 is 0 Å². The van der Waals surface area contributed by atoms with Crippen molar-refractivity contribution in [1.29, 1.82) is 0 Å². The molecular formula is C7H15Cl2N2O2P. The maximum absolute atomic E-state index is 12.8. The molecule has 1 unspecified atom stereocenters. The van der Waals surface area contributed by atoms with Crippen molar-refractivity contribution in [1.82, 2.24) is 9.75 Å². The van der Waals surface area contributed by atoms with E-state index < -0.39 is 38.9 Å². The highest BCUT2D eigenvalue weighted by Crippen LogP contribution is 2.47. The van der Waals surface area contributed by atoms with Crippen LogP contribution in [0.2, 0.25) is 1.41 Å². The Morgan fingerprint density at radius 2 is 2.29 bits per heavy atom. The Hall–Kier alpha value is 0.690. The summed E-state index contributed by atoms with van der Waals surface area (Å²) in [5, 5.41) is 0.106. The number of hydrogen-bond donors (Lipinski definition) is 1. The van der Waals surface area contributed by atoms with Gasteiger partial charge in [-0.25, -0.2) is 9.75 Å². The van der Waals surface area contributed by atoms with Gasteiger partial charge in [-0.1, -0.05) is 0 Å². The molecule has 1 rings (SSSR count). The minimum absolute atomic E-state index is 0.106. The van der Waals surface area contributed by atoms with E-state index in [4.69, 9.17) is 37.4 Å². The first-order chi connectivity index (χ1) is 9.17. The van der Waals surface area contributed by atoms with Gasteiger partial charge in [0.05, 0.1) is 6.61 Å². The SMILES string of the molecule is [2H]N1C([2H])([2H])CCOP1(=O)N(CC([2H])([2H])Cl)CC([2H])([2H])Cl. The third-order valence-corrected chi connectivity index (χ3v) is 3.66. The fourth-order valence-electron chi connectivity index (χ4n) is 0.896. The molecular weight excluding hydrogens is 246 g/mol. The number of nitrogens with one attached hydrogen (secondary N) is 1. The fraction of sp³-hybridized carbons (Fsp3) is 1.00. The molecule has 1 atom stereocenters. The van der Waals surface area contributed by atoms with Gasteiger partial charge in [-0.05, 0) is 6.42 Å². The zero-order valence-electron chi connectivity index (χ0n) is 14.2. The Balaban J connectivity index is 3.14. The zero-order chi connectivity index (χ0) is 16.7. The van der Waals surface area contributed by atoms with Crippen LogP contribution in [0.4, 0.5) is 0 Å².